The van der Waals surface area contributed by atoms with Crippen LogP contribution in [0.3, 0.4) is 0 Å². The number of hydrogen-bond donors (Lipinski definition) is 1. The van der Waals surface area contributed by atoms with Gasteiger partial charge in [-0.1, -0.05) is 12.1 Å². The van der Waals surface area contributed by atoms with E-state index in [-0.39, 0.29) is 17.5 Å². The summed E-state index contributed by atoms with van der Waals surface area (Å²) in [4.78, 5) is 28.4. The SMILES string of the molecule is Cc1ccc(C(=O)N(Cc2cccs2)c2ccc(F)cc2)cc1NC(=O)c1ccco1. The van der Waals surface area contributed by atoms with Crippen molar-refractivity contribution in [1.82, 2.24) is 0 Å². The Balaban J connectivity index is 1.64. The molecular weight excluding hydrogens is 415 g/mol. The Morgan fingerprint density at radius 1 is 1.06 bits per heavy atom. The lowest BCUT2D eigenvalue weighted by atomic mass is 10.1. The fraction of sp³-hybridized carbons (Fsp3) is 0.0833. The molecule has 1 N–H and O–H groups in total. The first-order valence-electron chi connectivity index (χ1n) is 9.56. The molecule has 0 unspecified atom stereocenters. The summed E-state index contributed by atoms with van der Waals surface area (Å²) < 4.78 is 18.6. The van der Waals surface area contributed by atoms with Gasteiger partial charge in [0.05, 0.1) is 12.8 Å². The number of benzene rings is 2. The number of halogens is 1. The van der Waals surface area contributed by atoms with Crippen LogP contribution in [0.5, 0.6) is 0 Å². The normalized spacial score (nSPS) is 10.6. The number of nitrogens with one attached hydrogen (secondary N) is 1. The maximum atomic E-state index is 13.4. The minimum Gasteiger partial charge on any atom is -0.459 e. The van der Waals surface area contributed by atoms with Gasteiger partial charge in [0.1, 0.15) is 5.82 Å². The smallest absolute Gasteiger partial charge is 0.291 e. The maximum absolute atomic E-state index is 13.4. The molecule has 31 heavy (non-hydrogen) atoms. The molecule has 0 aliphatic carbocycles. The minimum absolute atomic E-state index is 0.182. The van der Waals surface area contributed by atoms with E-state index in [1.165, 1.54) is 29.7 Å². The molecule has 7 heteroatoms. The highest BCUT2D eigenvalue weighted by Crippen LogP contribution is 2.25. The van der Waals surface area contributed by atoms with Crippen molar-refractivity contribution in [2.45, 2.75) is 13.5 Å². The molecule has 0 atom stereocenters. The zero-order chi connectivity index (χ0) is 21.8. The Morgan fingerprint density at radius 3 is 2.55 bits per heavy atom. The van der Waals surface area contributed by atoms with Crippen molar-refractivity contribution in [3.8, 4) is 0 Å². The van der Waals surface area contributed by atoms with E-state index in [1.54, 1.807) is 47.4 Å². The summed E-state index contributed by atoms with van der Waals surface area (Å²) in [5.41, 5.74) is 2.31. The van der Waals surface area contributed by atoms with E-state index in [4.69, 9.17) is 4.42 Å². The van der Waals surface area contributed by atoms with Crippen LogP contribution >= 0.6 is 11.3 Å². The lowest BCUT2D eigenvalue weighted by Gasteiger charge is -2.23. The number of thiophene rings is 1. The highest BCUT2D eigenvalue weighted by molar-refractivity contribution is 7.09. The van der Waals surface area contributed by atoms with Gasteiger partial charge in [-0.25, -0.2) is 4.39 Å². The first kappa shape index (κ1) is 20.6. The Kier molecular flexibility index (Phi) is 5.95. The lowest BCUT2D eigenvalue weighted by molar-refractivity contribution is 0.0979. The predicted molar refractivity (Wildman–Crippen MR) is 119 cm³/mol. The number of anilines is 2. The number of furan rings is 1. The van der Waals surface area contributed by atoms with E-state index in [1.807, 2.05) is 24.4 Å². The van der Waals surface area contributed by atoms with Crippen molar-refractivity contribution in [3.63, 3.8) is 0 Å². The molecule has 0 saturated carbocycles. The summed E-state index contributed by atoms with van der Waals surface area (Å²) in [5, 5.41) is 4.73. The number of amides is 2. The highest BCUT2D eigenvalue weighted by Gasteiger charge is 2.20. The van der Waals surface area contributed by atoms with Gasteiger partial charge in [0, 0.05) is 21.8 Å². The van der Waals surface area contributed by atoms with Gasteiger partial charge in [0.15, 0.2) is 5.76 Å². The third-order valence-corrected chi connectivity index (χ3v) is 5.62. The third kappa shape index (κ3) is 4.73. The summed E-state index contributed by atoms with van der Waals surface area (Å²) in [6.45, 7) is 2.19. The molecule has 0 fully saturated rings. The average molecular weight is 434 g/mol. The van der Waals surface area contributed by atoms with Crippen LogP contribution in [0.15, 0.2) is 82.8 Å². The Morgan fingerprint density at radius 2 is 1.87 bits per heavy atom. The van der Waals surface area contributed by atoms with Gasteiger partial charge in [-0.2, -0.15) is 0 Å². The van der Waals surface area contributed by atoms with Gasteiger partial charge in [-0.15, -0.1) is 11.3 Å². The van der Waals surface area contributed by atoms with E-state index in [9.17, 15) is 14.0 Å². The Labute approximate surface area is 182 Å². The first-order valence-corrected chi connectivity index (χ1v) is 10.4. The Bertz CT molecular complexity index is 1190. The number of nitrogens with zero attached hydrogens (tertiary/aromatic N) is 1. The number of carbonyl (C=O) groups is 2. The van der Waals surface area contributed by atoms with E-state index < -0.39 is 5.91 Å². The molecular formula is C24H19FN2O3S. The van der Waals surface area contributed by atoms with Crippen LogP contribution in [0.4, 0.5) is 15.8 Å². The molecule has 4 aromatic rings. The maximum Gasteiger partial charge on any atom is 0.291 e. The molecule has 2 heterocycles. The molecule has 0 aliphatic rings. The highest BCUT2D eigenvalue weighted by atomic mass is 32.1. The topological polar surface area (TPSA) is 62.6 Å². The van der Waals surface area contributed by atoms with Crippen molar-refractivity contribution in [2.24, 2.45) is 0 Å². The predicted octanol–water partition coefficient (Wildman–Crippen LogP) is 5.89. The van der Waals surface area contributed by atoms with Crippen LogP contribution in [-0.4, -0.2) is 11.8 Å². The lowest BCUT2D eigenvalue weighted by Crippen LogP contribution is -2.30. The summed E-state index contributed by atoms with van der Waals surface area (Å²) in [7, 11) is 0. The van der Waals surface area contributed by atoms with Gasteiger partial charge in [-0.05, 0) is 72.5 Å². The molecule has 156 valence electrons. The fourth-order valence-corrected chi connectivity index (χ4v) is 3.79. The van der Waals surface area contributed by atoms with Crippen LogP contribution in [0.25, 0.3) is 0 Å². The minimum atomic E-state index is -0.397. The summed E-state index contributed by atoms with van der Waals surface area (Å²) in [6, 6.07) is 18.0. The molecule has 0 aliphatic heterocycles. The zero-order valence-electron chi connectivity index (χ0n) is 16.7. The van der Waals surface area contributed by atoms with Crippen LogP contribution in [0.1, 0.15) is 31.4 Å². The second-order valence-corrected chi connectivity index (χ2v) is 7.94. The van der Waals surface area contributed by atoms with Crippen LogP contribution in [-0.2, 0) is 6.54 Å². The molecule has 0 radical (unpaired) electrons. The van der Waals surface area contributed by atoms with Crippen molar-refractivity contribution in [3.05, 3.63) is 106 Å². The van der Waals surface area contributed by atoms with Gasteiger partial charge in [0.2, 0.25) is 0 Å². The van der Waals surface area contributed by atoms with Crippen molar-refractivity contribution >= 4 is 34.5 Å². The largest absolute Gasteiger partial charge is 0.459 e. The van der Waals surface area contributed by atoms with E-state index >= 15 is 0 Å². The molecule has 0 bridgehead atoms. The van der Waals surface area contributed by atoms with Crippen molar-refractivity contribution in [2.75, 3.05) is 10.2 Å². The summed E-state index contributed by atoms with van der Waals surface area (Å²) >= 11 is 1.54. The number of carbonyl (C=O) groups excluding carboxylic acids is 2. The molecule has 2 aromatic heterocycles. The number of aryl methyl sites for hydroxylation is 1. The standard InChI is InChI=1S/C24H19FN2O3S/c1-16-6-7-17(14-21(16)26-23(28)22-5-2-12-30-22)24(29)27(15-20-4-3-13-31-20)19-10-8-18(25)9-11-19/h2-14H,15H2,1H3,(H,26,28). The first-order chi connectivity index (χ1) is 15.0. The van der Waals surface area contributed by atoms with Gasteiger partial charge in [0.25, 0.3) is 11.8 Å². The van der Waals surface area contributed by atoms with E-state index in [0.29, 0.717) is 23.5 Å². The molecule has 0 saturated heterocycles. The third-order valence-electron chi connectivity index (χ3n) is 4.76. The zero-order valence-corrected chi connectivity index (χ0v) is 17.5. The second-order valence-electron chi connectivity index (χ2n) is 6.91. The summed E-state index contributed by atoms with van der Waals surface area (Å²) in [5.74, 6) is -0.840. The van der Waals surface area contributed by atoms with Crippen molar-refractivity contribution in [1.29, 1.82) is 0 Å². The summed E-state index contributed by atoms with van der Waals surface area (Å²) in [6.07, 6.45) is 1.42. The monoisotopic (exact) mass is 434 g/mol. The van der Waals surface area contributed by atoms with Crippen LogP contribution < -0.4 is 10.2 Å². The Hall–Kier alpha value is -3.71. The second kappa shape index (κ2) is 8.97. The molecule has 5 nitrogen and oxygen atoms in total. The van der Waals surface area contributed by atoms with Crippen LogP contribution in [0, 0.1) is 12.7 Å². The van der Waals surface area contributed by atoms with Gasteiger partial charge < -0.3 is 14.6 Å². The van der Waals surface area contributed by atoms with Crippen molar-refractivity contribution < 1.29 is 18.4 Å². The molecule has 2 amide bonds. The molecule has 4 rings (SSSR count). The van der Waals surface area contributed by atoms with Gasteiger partial charge in [-0.3, -0.25) is 9.59 Å². The average Bonchev–Trinajstić information content (AvgIpc) is 3.48. The fourth-order valence-electron chi connectivity index (χ4n) is 3.10. The van der Waals surface area contributed by atoms with Crippen LogP contribution in [0.2, 0.25) is 0 Å². The quantitative estimate of drug-likeness (QED) is 0.412. The number of hydrogen-bond acceptors (Lipinski definition) is 4. The van der Waals surface area contributed by atoms with E-state index in [0.717, 1.165) is 10.4 Å². The number of rotatable bonds is 6. The van der Waals surface area contributed by atoms with Gasteiger partial charge >= 0.3 is 0 Å². The molecule has 0 spiro atoms. The molecule has 2 aromatic carbocycles. The van der Waals surface area contributed by atoms with E-state index in [2.05, 4.69) is 5.32 Å².